The number of thiocarbonyl (C=S) groups is 2. The van der Waals surface area contributed by atoms with E-state index in [1.54, 1.807) is 19.1 Å². The zero-order valence-corrected chi connectivity index (χ0v) is 15.3. The molecule has 2 aromatic carbocycles. The lowest BCUT2D eigenvalue weighted by atomic mass is 10.1. The van der Waals surface area contributed by atoms with E-state index in [0.29, 0.717) is 16.4 Å². The van der Waals surface area contributed by atoms with E-state index in [0.717, 1.165) is 11.3 Å². The molecule has 0 spiro atoms. The second kappa shape index (κ2) is 8.03. The number of benzene rings is 2. The van der Waals surface area contributed by atoms with Crippen LogP contribution in [0.15, 0.2) is 36.4 Å². The van der Waals surface area contributed by atoms with Crippen LogP contribution in [0, 0.1) is 26.6 Å². The van der Waals surface area contributed by atoms with Crippen molar-refractivity contribution in [3.05, 3.63) is 58.9 Å². The second-order valence-corrected chi connectivity index (χ2v) is 6.26. The third-order valence-electron chi connectivity index (χ3n) is 3.35. The number of hydrogen-bond acceptors (Lipinski definition) is 2. The molecule has 0 atom stereocenters. The number of rotatable bonds is 2. The molecule has 0 saturated heterocycles. The lowest BCUT2D eigenvalue weighted by molar-refractivity contribution is 0.619. The lowest BCUT2D eigenvalue weighted by Crippen LogP contribution is -2.45. The molecule has 4 N–H and O–H groups in total. The van der Waals surface area contributed by atoms with Gasteiger partial charge in [0.1, 0.15) is 5.82 Å². The molecule has 2 rings (SSSR count). The molecule has 0 aromatic heterocycles. The smallest absolute Gasteiger partial charge is 0.189 e. The van der Waals surface area contributed by atoms with Crippen LogP contribution in [-0.4, -0.2) is 10.2 Å². The quantitative estimate of drug-likeness (QED) is 0.480. The number of aryl methyl sites for hydroxylation is 3. The number of halogens is 1. The van der Waals surface area contributed by atoms with Gasteiger partial charge in [-0.15, -0.1) is 0 Å². The van der Waals surface area contributed by atoms with Gasteiger partial charge in [-0.3, -0.25) is 10.9 Å². The molecule has 0 bridgehead atoms. The Kier molecular flexibility index (Phi) is 6.05. The first-order valence-electron chi connectivity index (χ1n) is 7.32. The third kappa shape index (κ3) is 5.14. The SMILES string of the molecule is Cc1ccc(NC(=S)NNC(=S)Nc2ccc(C)c(F)c2)c(C)c1. The monoisotopic (exact) mass is 362 g/mol. The van der Waals surface area contributed by atoms with Crippen LogP contribution in [-0.2, 0) is 0 Å². The Hall–Kier alpha value is -2.25. The topological polar surface area (TPSA) is 48.1 Å². The molecule has 7 heteroatoms. The van der Waals surface area contributed by atoms with Gasteiger partial charge in [0.2, 0.25) is 0 Å². The van der Waals surface area contributed by atoms with Crippen LogP contribution < -0.4 is 21.5 Å². The third-order valence-corrected chi connectivity index (χ3v) is 3.76. The van der Waals surface area contributed by atoms with Gasteiger partial charge in [0.25, 0.3) is 0 Å². The summed E-state index contributed by atoms with van der Waals surface area (Å²) in [4.78, 5) is 0. The molecule has 24 heavy (non-hydrogen) atoms. The Balaban J connectivity index is 1.84. The maximum absolute atomic E-state index is 13.5. The summed E-state index contributed by atoms with van der Waals surface area (Å²) in [6.07, 6.45) is 0. The van der Waals surface area contributed by atoms with Gasteiger partial charge in [-0.1, -0.05) is 23.8 Å². The van der Waals surface area contributed by atoms with Gasteiger partial charge in [0.15, 0.2) is 10.2 Å². The summed E-state index contributed by atoms with van der Waals surface area (Å²) in [5, 5.41) is 6.62. The Morgan fingerprint density at radius 2 is 1.50 bits per heavy atom. The largest absolute Gasteiger partial charge is 0.331 e. The predicted molar refractivity (Wildman–Crippen MR) is 106 cm³/mol. The number of hydrogen-bond donors (Lipinski definition) is 4. The van der Waals surface area contributed by atoms with E-state index in [2.05, 4.69) is 27.6 Å². The molecule has 0 heterocycles. The van der Waals surface area contributed by atoms with E-state index >= 15 is 0 Å². The molecule has 0 fully saturated rings. The van der Waals surface area contributed by atoms with Gasteiger partial charge in [0.05, 0.1) is 0 Å². The molecule has 0 aliphatic rings. The van der Waals surface area contributed by atoms with Gasteiger partial charge < -0.3 is 10.6 Å². The van der Waals surface area contributed by atoms with Crippen molar-refractivity contribution in [2.45, 2.75) is 20.8 Å². The number of hydrazine groups is 1. The van der Waals surface area contributed by atoms with Crippen molar-refractivity contribution >= 4 is 46.0 Å². The average molecular weight is 362 g/mol. The Morgan fingerprint density at radius 1 is 0.833 bits per heavy atom. The molecular formula is C17H19FN4S2. The summed E-state index contributed by atoms with van der Waals surface area (Å²) in [5.74, 6) is -0.289. The van der Waals surface area contributed by atoms with Crippen molar-refractivity contribution in [2.75, 3.05) is 10.6 Å². The van der Waals surface area contributed by atoms with Crippen LogP contribution in [0.25, 0.3) is 0 Å². The van der Waals surface area contributed by atoms with E-state index in [-0.39, 0.29) is 10.9 Å². The van der Waals surface area contributed by atoms with Gasteiger partial charge in [-0.05, 0) is 74.5 Å². The normalized spacial score (nSPS) is 10.0. The number of anilines is 2. The van der Waals surface area contributed by atoms with Crippen molar-refractivity contribution in [3.8, 4) is 0 Å². The summed E-state index contributed by atoms with van der Waals surface area (Å²) in [5.41, 5.74) is 9.89. The standard InChI is InChI=1S/C17H19FN4S2/c1-10-4-7-15(12(3)8-10)20-17(24)22-21-16(23)19-13-6-5-11(2)14(18)9-13/h4-9H,1-3H3,(H2,19,21,23)(H2,20,22,24). The minimum absolute atomic E-state index is 0.281. The van der Waals surface area contributed by atoms with Crippen LogP contribution in [0.5, 0.6) is 0 Å². The summed E-state index contributed by atoms with van der Waals surface area (Å²) in [7, 11) is 0. The molecule has 0 aliphatic carbocycles. The van der Waals surface area contributed by atoms with E-state index in [1.807, 2.05) is 26.0 Å². The van der Waals surface area contributed by atoms with Crippen LogP contribution in [0.2, 0.25) is 0 Å². The molecular weight excluding hydrogens is 343 g/mol. The highest BCUT2D eigenvalue weighted by Gasteiger charge is 2.04. The van der Waals surface area contributed by atoms with Gasteiger partial charge in [0, 0.05) is 11.4 Å². The van der Waals surface area contributed by atoms with Gasteiger partial charge in [-0.2, -0.15) is 0 Å². The molecule has 0 amide bonds. The fraction of sp³-hybridized carbons (Fsp3) is 0.176. The van der Waals surface area contributed by atoms with Crippen LogP contribution in [0.3, 0.4) is 0 Å². The second-order valence-electron chi connectivity index (χ2n) is 5.44. The minimum Gasteiger partial charge on any atom is -0.331 e. The summed E-state index contributed by atoms with van der Waals surface area (Å²) in [6.45, 7) is 5.74. The Bertz CT molecular complexity index is 777. The molecule has 0 radical (unpaired) electrons. The highest BCUT2D eigenvalue weighted by atomic mass is 32.1. The predicted octanol–water partition coefficient (Wildman–Crippen LogP) is 3.94. The Morgan fingerprint density at radius 3 is 2.12 bits per heavy atom. The molecule has 126 valence electrons. The highest BCUT2D eigenvalue weighted by molar-refractivity contribution is 7.81. The zero-order chi connectivity index (χ0) is 17.7. The molecule has 2 aromatic rings. The van der Waals surface area contributed by atoms with Crippen LogP contribution >= 0.6 is 24.4 Å². The van der Waals surface area contributed by atoms with Crippen LogP contribution in [0.4, 0.5) is 15.8 Å². The van der Waals surface area contributed by atoms with Gasteiger partial charge >= 0.3 is 0 Å². The maximum atomic E-state index is 13.5. The van der Waals surface area contributed by atoms with Crippen molar-refractivity contribution in [3.63, 3.8) is 0 Å². The minimum atomic E-state index is -0.289. The fourth-order valence-electron chi connectivity index (χ4n) is 2.05. The fourth-order valence-corrected chi connectivity index (χ4v) is 2.38. The van der Waals surface area contributed by atoms with Crippen molar-refractivity contribution < 1.29 is 4.39 Å². The highest BCUT2D eigenvalue weighted by Crippen LogP contribution is 2.16. The lowest BCUT2D eigenvalue weighted by Gasteiger charge is -2.15. The summed E-state index contributed by atoms with van der Waals surface area (Å²) in [6, 6.07) is 10.8. The average Bonchev–Trinajstić information content (AvgIpc) is 2.52. The maximum Gasteiger partial charge on any atom is 0.189 e. The summed E-state index contributed by atoms with van der Waals surface area (Å²) >= 11 is 10.4. The summed E-state index contributed by atoms with van der Waals surface area (Å²) < 4.78 is 13.5. The molecule has 0 unspecified atom stereocenters. The van der Waals surface area contributed by atoms with Crippen molar-refractivity contribution in [2.24, 2.45) is 0 Å². The van der Waals surface area contributed by atoms with E-state index in [1.165, 1.54) is 11.6 Å². The van der Waals surface area contributed by atoms with Crippen molar-refractivity contribution in [1.82, 2.24) is 10.9 Å². The van der Waals surface area contributed by atoms with E-state index in [9.17, 15) is 4.39 Å². The van der Waals surface area contributed by atoms with Crippen LogP contribution in [0.1, 0.15) is 16.7 Å². The first kappa shape index (κ1) is 18.1. The first-order valence-corrected chi connectivity index (χ1v) is 8.14. The van der Waals surface area contributed by atoms with Crippen molar-refractivity contribution in [1.29, 1.82) is 0 Å². The zero-order valence-electron chi connectivity index (χ0n) is 13.7. The molecule has 0 saturated carbocycles. The first-order chi connectivity index (χ1) is 11.3. The van der Waals surface area contributed by atoms with E-state index in [4.69, 9.17) is 24.4 Å². The molecule has 4 nitrogen and oxygen atoms in total. The van der Waals surface area contributed by atoms with E-state index < -0.39 is 0 Å². The molecule has 0 aliphatic heterocycles. The number of nitrogens with one attached hydrogen (secondary N) is 4. The van der Waals surface area contributed by atoms with Gasteiger partial charge in [-0.25, -0.2) is 4.39 Å². The Labute approximate surface area is 151 Å².